The lowest BCUT2D eigenvalue weighted by Gasteiger charge is -2.42. The van der Waals surface area contributed by atoms with Crippen LogP contribution in [0, 0.1) is 0 Å². The van der Waals surface area contributed by atoms with Crippen molar-refractivity contribution in [2.24, 2.45) is 0 Å². The summed E-state index contributed by atoms with van der Waals surface area (Å²) in [6.45, 7) is 9.87. The first-order chi connectivity index (χ1) is 11.7. The number of rotatable bonds is 4. The molecule has 0 spiro atoms. The number of benzene rings is 2. The molecule has 0 amide bonds. The van der Waals surface area contributed by atoms with Crippen molar-refractivity contribution in [1.82, 2.24) is 0 Å². The highest BCUT2D eigenvalue weighted by atomic mass is 79.9. The molecule has 0 bridgehead atoms. The van der Waals surface area contributed by atoms with Gasteiger partial charge in [0.1, 0.15) is 18.1 Å². The Morgan fingerprint density at radius 3 is 2.24 bits per heavy atom. The third-order valence-corrected chi connectivity index (χ3v) is 6.05. The number of methoxy groups -OCH3 is 1. The van der Waals surface area contributed by atoms with Gasteiger partial charge in [-0.1, -0.05) is 39.8 Å². The van der Waals surface area contributed by atoms with Gasteiger partial charge < -0.3 is 9.47 Å². The van der Waals surface area contributed by atoms with Crippen LogP contribution in [0.25, 0.3) is 0 Å². The fourth-order valence-electron chi connectivity index (χ4n) is 3.60. The van der Waals surface area contributed by atoms with Gasteiger partial charge in [-0.15, -0.1) is 0 Å². The van der Waals surface area contributed by atoms with Gasteiger partial charge in [-0.05, 0) is 80.6 Å². The SMILES string of the molecule is COc1cccc(COc2cc3c(cc2Br)C(C)(C)CCC3(C)C)c1. The highest BCUT2D eigenvalue weighted by Gasteiger charge is 2.37. The topological polar surface area (TPSA) is 18.5 Å². The van der Waals surface area contributed by atoms with E-state index in [2.05, 4.69) is 61.8 Å². The molecule has 3 rings (SSSR count). The van der Waals surface area contributed by atoms with Gasteiger partial charge in [0.25, 0.3) is 0 Å². The van der Waals surface area contributed by atoms with Crippen molar-refractivity contribution in [3.63, 3.8) is 0 Å². The van der Waals surface area contributed by atoms with E-state index in [0.29, 0.717) is 6.61 Å². The van der Waals surface area contributed by atoms with Gasteiger partial charge in [0.05, 0.1) is 11.6 Å². The second-order valence-electron chi connectivity index (χ2n) is 8.24. The summed E-state index contributed by atoms with van der Waals surface area (Å²) in [5.41, 5.74) is 4.33. The summed E-state index contributed by atoms with van der Waals surface area (Å²) in [5, 5.41) is 0. The Labute approximate surface area is 159 Å². The van der Waals surface area contributed by atoms with Gasteiger partial charge >= 0.3 is 0 Å². The average Bonchev–Trinajstić information content (AvgIpc) is 2.58. The van der Waals surface area contributed by atoms with Crippen LogP contribution < -0.4 is 9.47 Å². The molecule has 0 saturated heterocycles. The lowest BCUT2D eigenvalue weighted by molar-refractivity contribution is 0.296. The molecule has 0 saturated carbocycles. The van der Waals surface area contributed by atoms with E-state index in [4.69, 9.17) is 9.47 Å². The Morgan fingerprint density at radius 2 is 1.60 bits per heavy atom. The number of hydrogen-bond acceptors (Lipinski definition) is 2. The van der Waals surface area contributed by atoms with Crippen LogP contribution in [0.4, 0.5) is 0 Å². The zero-order chi connectivity index (χ0) is 18.2. The van der Waals surface area contributed by atoms with E-state index >= 15 is 0 Å². The molecule has 1 aliphatic carbocycles. The number of ether oxygens (including phenoxy) is 2. The number of fused-ring (bicyclic) bond motifs is 1. The van der Waals surface area contributed by atoms with E-state index in [1.54, 1.807) is 7.11 Å². The third-order valence-electron chi connectivity index (χ3n) is 5.43. The van der Waals surface area contributed by atoms with E-state index in [-0.39, 0.29) is 10.8 Å². The van der Waals surface area contributed by atoms with Crippen molar-refractivity contribution in [1.29, 1.82) is 0 Å². The molecule has 2 aromatic rings. The van der Waals surface area contributed by atoms with Crippen LogP contribution in [0.3, 0.4) is 0 Å². The monoisotopic (exact) mass is 402 g/mol. The summed E-state index contributed by atoms with van der Waals surface area (Å²) in [7, 11) is 1.68. The van der Waals surface area contributed by atoms with Crippen LogP contribution in [0.1, 0.15) is 57.2 Å². The fraction of sp³-hybridized carbons (Fsp3) is 0.455. The molecule has 0 atom stereocenters. The highest BCUT2D eigenvalue weighted by Crippen LogP contribution is 2.48. The Morgan fingerprint density at radius 1 is 0.960 bits per heavy atom. The molecule has 1 aliphatic rings. The molecule has 2 nitrogen and oxygen atoms in total. The minimum Gasteiger partial charge on any atom is -0.497 e. The standard InChI is InChI=1S/C22H27BrO2/c1-21(2)9-10-22(3,4)18-13-20(19(23)12-17(18)21)25-14-15-7-6-8-16(11-15)24-5/h6-8,11-13H,9-10,14H2,1-5H3. The van der Waals surface area contributed by atoms with E-state index in [1.807, 2.05) is 18.2 Å². The summed E-state index contributed by atoms with van der Waals surface area (Å²) in [6, 6.07) is 12.5. The maximum Gasteiger partial charge on any atom is 0.134 e. The van der Waals surface area contributed by atoms with Crippen molar-refractivity contribution in [2.75, 3.05) is 7.11 Å². The first kappa shape index (κ1) is 18.3. The number of halogens is 1. The highest BCUT2D eigenvalue weighted by molar-refractivity contribution is 9.10. The van der Waals surface area contributed by atoms with Crippen molar-refractivity contribution in [3.8, 4) is 11.5 Å². The quantitative estimate of drug-likeness (QED) is 0.589. The molecular weight excluding hydrogens is 376 g/mol. The molecule has 0 radical (unpaired) electrons. The molecule has 0 heterocycles. The van der Waals surface area contributed by atoms with Crippen molar-refractivity contribution >= 4 is 15.9 Å². The molecular formula is C22H27BrO2. The summed E-state index contributed by atoms with van der Waals surface area (Å²) in [5.74, 6) is 1.76. The van der Waals surface area contributed by atoms with E-state index in [0.717, 1.165) is 21.5 Å². The molecule has 0 aromatic heterocycles. The predicted octanol–water partition coefficient (Wildman–Crippen LogP) is 6.39. The van der Waals surface area contributed by atoms with E-state index in [1.165, 1.54) is 24.0 Å². The van der Waals surface area contributed by atoms with E-state index < -0.39 is 0 Å². The lowest BCUT2D eigenvalue weighted by atomic mass is 9.63. The van der Waals surface area contributed by atoms with Crippen LogP contribution in [-0.2, 0) is 17.4 Å². The first-order valence-electron chi connectivity index (χ1n) is 8.83. The molecule has 0 aliphatic heterocycles. The molecule has 25 heavy (non-hydrogen) atoms. The molecule has 2 aromatic carbocycles. The lowest BCUT2D eigenvalue weighted by Crippen LogP contribution is -2.33. The average molecular weight is 403 g/mol. The summed E-state index contributed by atoms with van der Waals surface area (Å²) in [6.07, 6.45) is 2.41. The molecule has 3 heteroatoms. The van der Waals surface area contributed by atoms with Gasteiger partial charge in [0, 0.05) is 0 Å². The van der Waals surface area contributed by atoms with Crippen molar-refractivity contribution in [2.45, 2.75) is 58.0 Å². The molecule has 0 N–H and O–H groups in total. The minimum atomic E-state index is 0.180. The summed E-state index contributed by atoms with van der Waals surface area (Å²) < 4.78 is 12.5. The second kappa shape index (κ2) is 6.68. The molecule has 0 fully saturated rings. The third kappa shape index (κ3) is 3.72. The minimum absolute atomic E-state index is 0.180. The van der Waals surface area contributed by atoms with Crippen molar-refractivity contribution < 1.29 is 9.47 Å². The van der Waals surface area contributed by atoms with Crippen LogP contribution in [0.5, 0.6) is 11.5 Å². The Balaban J connectivity index is 1.90. The van der Waals surface area contributed by atoms with Crippen LogP contribution in [-0.4, -0.2) is 7.11 Å². The van der Waals surface area contributed by atoms with Gasteiger partial charge in [-0.2, -0.15) is 0 Å². The van der Waals surface area contributed by atoms with Crippen LogP contribution >= 0.6 is 15.9 Å². The largest absolute Gasteiger partial charge is 0.497 e. The Hall–Kier alpha value is -1.48. The zero-order valence-corrected chi connectivity index (χ0v) is 17.4. The Kier molecular flexibility index (Phi) is 4.89. The normalized spacial score (nSPS) is 17.7. The maximum atomic E-state index is 6.15. The van der Waals surface area contributed by atoms with Gasteiger partial charge in [0.2, 0.25) is 0 Å². The fourth-order valence-corrected chi connectivity index (χ4v) is 4.06. The van der Waals surface area contributed by atoms with Crippen LogP contribution in [0.2, 0.25) is 0 Å². The van der Waals surface area contributed by atoms with Gasteiger partial charge in [-0.25, -0.2) is 0 Å². The zero-order valence-electron chi connectivity index (χ0n) is 15.8. The molecule has 134 valence electrons. The van der Waals surface area contributed by atoms with Crippen LogP contribution in [0.15, 0.2) is 40.9 Å². The smallest absolute Gasteiger partial charge is 0.134 e. The second-order valence-corrected chi connectivity index (χ2v) is 9.09. The van der Waals surface area contributed by atoms with Gasteiger partial charge in [0.15, 0.2) is 0 Å². The first-order valence-corrected chi connectivity index (χ1v) is 9.62. The van der Waals surface area contributed by atoms with Crippen molar-refractivity contribution in [3.05, 3.63) is 57.6 Å². The maximum absolute atomic E-state index is 6.15. The predicted molar refractivity (Wildman–Crippen MR) is 107 cm³/mol. The molecule has 0 unspecified atom stereocenters. The van der Waals surface area contributed by atoms with Gasteiger partial charge in [-0.3, -0.25) is 0 Å². The Bertz CT molecular complexity index is 778. The summed E-state index contributed by atoms with van der Waals surface area (Å²) >= 11 is 3.72. The number of hydrogen-bond donors (Lipinski definition) is 0. The summed E-state index contributed by atoms with van der Waals surface area (Å²) in [4.78, 5) is 0. The van der Waals surface area contributed by atoms with E-state index in [9.17, 15) is 0 Å².